The summed E-state index contributed by atoms with van der Waals surface area (Å²) >= 11 is 0. The summed E-state index contributed by atoms with van der Waals surface area (Å²) in [5.41, 5.74) is 1.24. The molecule has 0 aromatic heterocycles. The third kappa shape index (κ3) is 4.68. The van der Waals surface area contributed by atoms with Gasteiger partial charge in [0.1, 0.15) is 39.3 Å². The van der Waals surface area contributed by atoms with Gasteiger partial charge in [0, 0.05) is 12.8 Å². The van der Waals surface area contributed by atoms with Crippen LogP contribution < -0.4 is 24.2 Å². The van der Waals surface area contributed by atoms with Crippen molar-refractivity contribution in [3.8, 4) is 11.5 Å². The Kier molecular flexibility index (Phi) is 7.14. The summed E-state index contributed by atoms with van der Waals surface area (Å²) in [5, 5.41) is 9.11. The van der Waals surface area contributed by atoms with Crippen LogP contribution in [0, 0.1) is 0 Å². The smallest absolute Gasteiger partial charge is 0.169 e. The fraction of sp³-hybridized carbons (Fsp3) is 0.700. The number of rotatable bonds is 7. The maximum Gasteiger partial charge on any atom is 0.169 e. The molecule has 2 aliphatic rings. The first-order valence-electron chi connectivity index (χ1n) is 10.1. The predicted octanol–water partition coefficient (Wildman–Crippen LogP) is -2.97. The van der Waals surface area contributed by atoms with Gasteiger partial charge in [-0.15, -0.1) is 0 Å². The molecule has 2 fully saturated rings. The molecule has 6 nitrogen and oxygen atoms in total. The van der Waals surface area contributed by atoms with Gasteiger partial charge >= 0.3 is 0 Å². The number of ether oxygens (including phenoxy) is 2. The molecule has 3 rings (SSSR count). The summed E-state index contributed by atoms with van der Waals surface area (Å²) < 4.78 is 11.0. The Hall–Kier alpha value is -1.34. The van der Waals surface area contributed by atoms with Gasteiger partial charge in [0.2, 0.25) is 0 Å². The Bertz CT molecular complexity index is 553. The third-order valence-corrected chi connectivity index (χ3v) is 6.26. The zero-order chi connectivity index (χ0) is 18.4. The molecule has 0 spiro atoms. The molecule has 0 aliphatic carbocycles. The number of para-hydroxylation sites is 1. The molecular weight excluding hydrogens is 330 g/mol. The van der Waals surface area contributed by atoms with E-state index in [1.807, 2.05) is 6.07 Å². The van der Waals surface area contributed by atoms with E-state index in [0.29, 0.717) is 6.61 Å². The van der Waals surface area contributed by atoms with E-state index in [1.54, 1.807) is 28.9 Å². The van der Waals surface area contributed by atoms with Crippen LogP contribution in [0.4, 0.5) is 0 Å². The minimum absolute atomic E-state index is 0.320. The van der Waals surface area contributed by atoms with Crippen molar-refractivity contribution in [1.29, 1.82) is 0 Å². The van der Waals surface area contributed by atoms with Crippen LogP contribution in [-0.4, -0.2) is 77.8 Å². The number of likely N-dealkylation sites (tertiary alicyclic amines) is 1. The second-order valence-corrected chi connectivity index (χ2v) is 7.74. The zero-order valence-electron chi connectivity index (χ0n) is 16.4. The second-order valence-electron chi connectivity index (χ2n) is 7.74. The molecule has 2 saturated heterocycles. The van der Waals surface area contributed by atoms with Gasteiger partial charge in [0.15, 0.2) is 11.5 Å². The van der Waals surface area contributed by atoms with Gasteiger partial charge in [-0.3, -0.25) is 0 Å². The third-order valence-electron chi connectivity index (χ3n) is 6.26. The van der Waals surface area contributed by atoms with Crippen LogP contribution in [0.25, 0.3) is 0 Å². The van der Waals surface area contributed by atoms with E-state index in [2.05, 4.69) is 12.1 Å². The lowest BCUT2D eigenvalue weighted by Crippen LogP contribution is -3.30. The highest BCUT2D eigenvalue weighted by atomic mass is 16.5. The van der Waals surface area contributed by atoms with Crippen LogP contribution in [0.2, 0.25) is 0 Å². The van der Waals surface area contributed by atoms with Crippen molar-refractivity contribution < 1.29 is 29.3 Å². The van der Waals surface area contributed by atoms with E-state index in [9.17, 15) is 0 Å². The Labute approximate surface area is 157 Å². The van der Waals surface area contributed by atoms with Gasteiger partial charge in [0.25, 0.3) is 0 Å². The Morgan fingerprint density at radius 1 is 0.962 bits per heavy atom. The SMILES string of the molecule is COc1cccc(C[NH+]2CCC([NH+]3CC[NH+](CCO)CC3)CC2)c1OC. The molecule has 0 radical (unpaired) electrons. The maximum absolute atomic E-state index is 9.11. The number of piperazine rings is 1. The Balaban J connectivity index is 1.49. The van der Waals surface area contributed by atoms with Gasteiger partial charge in [0.05, 0.1) is 45.5 Å². The van der Waals surface area contributed by atoms with E-state index in [4.69, 9.17) is 14.6 Å². The summed E-state index contributed by atoms with van der Waals surface area (Å²) in [5.74, 6) is 1.71. The molecule has 0 saturated carbocycles. The number of benzene rings is 1. The largest absolute Gasteiger partial charge is 0.493 e. The van der Waals surface area contributed by atoms with Crippen molar-refractivity contribution in [2.45, 2.75) is 25.4 Å². The number of aliphatic hydroxyl groups is 1. The molecule has 0 amide bonds. The number of hydrogen-bond acceptors (Lipinski definition) is 3. The van der Waals surface area contributed by atoms with Gasteiger partial charge in [-0.25, -0.2) is 0 Å². The monoisotopic (exact) mass is 366 g/mol. The molecule has 26 heavy (non-hydrogen) atoms. The Morgan fingerprint density at radius 3 is 2.31 bits per heavy atom. The van der Waals surface area contributed by atoms with Crippen LogP contribution >= 0.6 is 0 Å². The lowest BCUT2D eigenvalue weighted by molar-refractivity contribution is -1.03. The number of methoxy groups -OCH3 is 2. The van der Waals surface area contributed by atoms with Crippen molar-refractivity contribution in [2.24, 2.45) is 0 Å². The second kappa shape index (κ2) is 9.55. The molecule has 0 unspecified atom stereocenters. The molecule has 1 aromatic rings. The standard InChI is InChI=1S/C20H33N3O3/c1-25-19-5-3-4-17(20(19)26-2)16-22-8-6-18(7-9-22)23-12-10-21(11-13-23)14-15-24/h3-5,18,24H,6-16H2,1-2H3/p+3. The fourth-order valence-electron chi connectivity index (χ4n) is 4.71. The van der Waals surface area contributed by atoms with Crippen LogP contribution in [0.3, 0.4) is 0 Å². The Morgan fingerprint density at radius 2 is 1.69 bits per heavy atom. The molecule has 4 N–H and O–H groups in total. The number of aliphatic hydroxyl groups excluding tert-OH is 1. The molecule has 0 atom stereocenters. The highest BCUT2D eigenvalue weighted by Crippen LogP contribution is 2.30. The molecule has 6 heteroatoms. The van der Waals surface area contributed by atoms with Crippen LogP contribution in [0.5, 0.6) is 11.5 Å². The van der Waals surface area contributed by atoms with Crippen molar-refractivity contribution in [2.75, 3.05) is 66.6 Å². The highest BCUT2D eigenvalue weighted by Gasteiger charge is 2.33. The van der Waals surface area contributed by atoms with E-state index in [1.165, 1.54) is 57.7 Å². The van der Waals surface area contributed by atoms with Gasteiger partial charge in [-0.1, -0.05) is 6.07 Å². The van der Waals surface area contributed by atoms with Crippen molar-refractivity contribution in [3.05, 3.63) is 23.8 Å². The molecule has 0 bridgehead atoms. The molecular formula is C20H36N3O3+3. The number of hydrogen-bond donors (Lipinski definition) is 4. The quantitative estimate of drug-likeness (QED) is 0.417. The summed E-state index contributed by atoms with van der Waals surface area (Å²) in [4.78, 5) is 5.02. The average Bonchev–Trinajstić information content (AvgIpc) is 2.69. The van der Waals surface area contributed by atoms with Crippen LogP contribution in [0.15, 0.2) is 18.2 Å². The van der Waals surface area contributed by atoms with E-state index >= 15 is 0 Å². The molecule has 1 aromatic carbocycles. The maximum atomic E-state index is 9.11. The topological polar surface area (TPSA) is 52.0 Å². The number of quaternary nitrogens is 3. The first-order valence-corrected chi connectivity index (χ1v) is 10.1. The van der Waals surface area contributed by atoms with E-state index in [0.717, 1.165) is 30.6 Å². The van der Waals surface area contributed by atoms with Crippen molar-refractivity contribution in [1.82, 2.24) is 0 Å². The lowest BCUT2D eigenvalue weighted by atomic mass is 10.0. The fourth-order valence-corrected chi connectivity index (χ4v) is 4.71. The average molecular weight is 367 g/mol. The van der Waals surface area contributed by atoms with Crippen LogP contribution in [-0.2, 0) is 6.54 Å². The van der Waals surface area contributed by atoms with Crippen LogP contribution in [0.1, 0.15) is 18.4 Å². The summed E-state index contributed by atoms with van der Waals surface area (Å²) in [7, 11) is 3.43. The van der Waals surface area contributed by atoms with Gasteiger partial charge in [-0.05, 0) is 12.1 Å². The number of nitrogens with one attached hydrogen (secondary N) is 3. The normalized spacial score (nSPS) is 29.3. The van der Waals surface area contributed by atoms with Gasteiger partial charge in [-0.2, -0.15) is 0 Å². The highest BCUT2D eigenvalue weighted by molar-refractivity contribution is 5.46. The molecule has 2 aliphatic heterocycles. The minimum atomic E-state index is 0.320. The summed E-state index contributed by atoms with van der Waals surface area (Å²) in [6.45, 7) is 9.67. The lowest BCUT2D eigenvalue weighted by Gasteiger charge is -2.37. The van der Waals surface area contributed by atoms with E-state index in [-0.39, 0.29) is 0 Å². The predicted molar refractivity (Wildman–Crippen MR) is 100 cm³/mol. The van der Waals surface area contributed by atoms with Gasteiger partial charge < -0.3 is 29.3 Å². The first kappa shape index (κ1) is 19.4. The van der Waals surface area contributed by atoms with Crippen molar-refractivity contribution >= 4 is 0 Å². The minimum Gasteiger partial charge on any atom is -0.493 e. The summed E-state index contributed by atoms with van der Waals surface area (Å²) in [6.07, 6.45) is 2.62. The zero-order valence-corrected chi connectivity index (χ0v) is 16.4. The van der Waals surface area contributed by atoms with Crippen molar-refractivity contribution in [3.63, 3.8) is 0 Å². The first-order chi connectivity index (χ1) is 12.7. The summed E-state index contributed by atoms with van der Waals surface area (Å²) in [6, 6.07) is 7.00. The molecule has 2 heterocycles. The molecule has 146 valence electrons. The number of piperidine rings is 1. The van der Waals surface area contributed by atoms with E-state index < -0.39 is 0 Å².